The summed E-state index contributed by atoms with van der Waals surface area (Å²) in [4.78, 5) is 6.23. The molecule has 0 atom stereocenters. The number of allylic oxidation sites excluding steroid dienone is 3. The van der Waals surface area contributed by atoms with E-state index in [-0.39, 0.29) is 0 Å². The third kappa shape index (κ3) is 2.23. The number of nitrogens with zero attached hydrogens (tertiary/aromatic N) is 2. The van der Waals surface area contributed by atoms with Crippen LogP contribution in [0, 0.1) is 0 Å². The van der Waals surface area contributed by atoms with Crippen molar-refractivity contribution in [3.63, 3.8) is 0 Å². The maximum Gasteiger partial charge on any atom is 0.202 e. The molecule has 0 aliphatic carbocycles. The van der Waals surface area contributed by atoms with E-state index in [0.717, 1.165) is 27.8 Å². The summed E-state index contributed by atoms with van der Waals surface area (Å²) in [5.74, 6) is 0.799. The molecule has 1 aromatic carbocycles. The molecule has 0 radical (unpaired) electrons. The Labute approximate surface area is 127 Å². The van der Waals surface area contributed by atoms with Gasteiger partial charge in [0.1, 0.15) is 0 Å². The minimum Gasteiger partial charge on any atom is -0.351 e. The molecule has 1 aromatic rings. The van der Waals surface area contributed by atoms with Gasteiger partial charge in [-0.1, -0.05) is 41.4 Å². The Morgan fingerprint density at radius 3 is 2.80 bits per heavy atom. The normalized spacial score (nSPS) is 19.9. The summed E-state index contributed by atoms with van der Waals surface area (Å²) in [6.07, 6.45) is 5.68. The van der Waals surface area contributed by atoms with Crippen LogP contribution in [-0.4, -0.2) is 24.5 Å². The quantitative estimate of drug-likeness (QED) is 0.858. The van der Waals surface area contributed by atoms with Gasteiger partial charge in [-0.25, -0.2) is 0 Å². The molecule has 0 aromatic heterocycles. The topological polar surface area (TPSA) is 27.6 Å². The molecule has 0 amide bonds. The Kier molecular flexibility index (Phi) is 3.55. The Hall–Kier alpha value is -1.71. The van der Waals surface area contributed by atoms with Gasteiger partial charge >= 0.3 is 0 Å². The molecular weight excluding hydrogens is 293 g/mol. The lowest BCUT2D eigenvalue weighted by molar-refractivity contribution is 0.644. The highest BCUT2D eigenvalue weighted by Gasteiger charge is 2.25. The summed E-state index contributed by atoms with van der Waals surface area (Å²) in [5.41, 5.74) is 3.11. The summed E-state index contributed by atoms with van der Waals surface area (Å²) >= 11 is 12.5. The van der Waals surface area contributed by atoms with Crippen LogP contribution in [0.3, 0.4) is 0 Å². The maximum absolute atomic E-state index is 6.31. The van der Waals surface area contributed by atoms with Crippen molar-refractivity contribution >= 4 is 34.7 Å². The molecule has 1 N–H and O–H groups in total. The van der Waals surface area contributed by atoms with E-state index >= 15 is 0 Å². The van der Waals surface area contributed by atoms with Crippen LogP contribution >= 0.6 is 23.2 Å². The molecule has 0 saturated heterocycles. The van der Waals surface area contributed by atoms with Gasteiger partial charge in [0, 0.05) is 41.0 Å². The van der Waals surface area contributed by atoms with Crippen LogP contribution < -0.4 is 5.32 Å². The Bertz CT molecular complexity index is 671. The second-order valence-corrected chi connectivity index (χ2v) is 5.30. The number of hydrogen-bond donors (Lipinski definition) is 1. The number of benzene rings is 1. The van der Waals surface area contributed by atoms with E-state index in [1.165, 1.54) is 0 Å². The summed E-state index contributed by atoms with van der Waals surface area (Å²) < 4.78 is 0. The van der Waals surface area contributed by atoms with E-state index < -0.39 is 0 Å². The smallest absolute Gasteiger partial charge is 0.202 e. The first-order valence-electron chi connectivity index (χ1n) is 6.24. The first-order chi connectivity index (χ1) is 9.70. The summed E-state index contributed by atoms with van der Waals surface area (Å²) in [6.45, 7) is 0.663. The zero-order valence-electron chi connectivity index (χ0n) is 10.9. The van der Waals surface area contributed by atoms with Gasteiger partial charge in [-0.3, -0.25) is 9.89 Å². The SMILES string of the molecule is CN=C1NCC(c2ccccc2Cl)=C2C=C(Cl)C=CN12. The number of nitrogens with one attached hydrogen (secondary N) is 1. The lowest BCUT2D eigenvalue weighted by Crippen LogP contribution is -2.43. The largest absolute Gasteiger partial charge is 0.351 e. The van der Waals surface area contributed by atoms with Crippen LogP contribution in [0.1, 0.15) is 5.56 Å². The van der Waals surface area contributed by atoms with Gasteiger partial charge in [0.2, 0.25) is 5.96 Å². The Morgan fingerprint density at radius 2 is 2.05 bits per heavy atom. The molecule has 2 heterocycles. The van der Waals surface area contributed by atoms with Crippen molar-refractivity contribution in [1.29, 1.82) is 0 Å². The third-order valence-corrected chi connectivity index (χ3v) is 3.85. The van der Waals surface area contributed by atoms with Crippen molar-refractivity contribution < 1.29 is 0 Å². The van der Waals surface area contributed by atoms with Gasteiger partial charge in [0.05, 0.1) is 5.70 Å². The van der Waals surface area contributed by atoms with Crippen molar-refractivity contribution in [3.8, 4) is 0 Å². The van der Waals surface area contributed by atoms with Crippen LogP contribution in [0.5, 0.6) is 0 Å². The molecule has 0 spiro atoms. The molecule has 0 bridgehead atoms. The van der Waals surface area contributed by atoms with Crippen molar-refractivity contribution in [3.05, 3.63) is 63.9 Å². The second-order valence-electron chi connectivity index (χ2n) is 4.46. The van der Waals surface area contributed by atoms with E-state index in [0.29, 0.717) is 11.6 Å². The fourth-order valence-corrected chi connectivity index (χ4v) is 2.77. The van der Waals surface area contributed by atoms with Crippen LogP contribution in [-0.2, 0) is 0 Å². The average molecular weight is 306 g/mol. The maximum atomic E-state index is 6.31. The molecule has 2 aliphatic heterocycles. The molecule has 102 valence electrons. The predicted molar refractivity (Wildman–Crippen MR) is 84.6 cm³/mol. The minimum atomic E-state index is 0.663. The number of rotatable bonds is 1. The monoisotopic (exact) mass is 305 g/mol. The summed E-state index contributed by atoms with van der Waals surface area (Å²) in [6, 6.07) is 7.81. The lowest BCUT2D eigenvalue weighted by Gasteiger charge is -2.33. The first kappa shape index (κ1) is 13.3. The number of guanidine groups is 1. The Balaban J connectivity index is 2.18. The van der Waals surface area contributed by atoms with Crippen LogP contribution in [0.2, 0.25) is 5.02 Å². The van der Waals surface area contributed by atoms with Gasteiger partial charge in [-0.05, 0) is 18.2 Å². The highest BCUT2D eigenvalue weighted by molar-refractivity contribution is 6.33. The van der Waals surface area contributed by atoms with E-state index in [1.54, 1.807) is 7.05 Å². The highest BCUT2D eigenvalue weighted by atomic mass is 35.5. The number of hydrogen-bond acceptors (Lipinski definition) is 1. The predicted octanol–water partition coefficient (Wildman–Crippen LogP) is 3.59. The molecule has 2 aliphatic rings. The van der Waals surface area contributed by atoms with Gasteiger partial charge in [0.15, 0.2) is 0 Å². The van der Waals surface area contributed by atoms with E-state index in [1.807, 2.05) is 47.5 Å². The first-order valence-corrected chi connectivity index (χ1v) is 6.99. The standard InChI is InChI=1S/C15H13Cl2N3/c1-18-15-19-9-12(11-4-2-3-5-13(11)17)14-8-10(16)6-7-20(14)15/h2-8H,9H2,1H3,(H,18,19). The van der Waals surface area contributed by atoms with Crippen molar-refractivity contribution in [2.45, 2.75) is 0 Å². The summed E-state index contributed by atoms with van der Waals surface area (Å²) in [5, 5.41) is 4.72. The van der Waals surface area contributed by atoms with Crippen LogP contribution in [0.15, 0.2) is 58.3 Å². The van der Waals surface area contributed by atoms with Gasteiger partial charge in [-0.15, -0.1) is 0 Å². The fraction of sp³-hybridized carbons (Fsp3) is 0.133. The van der Waals surface area contributed by atoms with Gasteiger partial charge < -0.3 is 5.32 Å². The van der Waals surface area contributed by atoms with Crippen molar-refractivity contribution in [1.82, 2.24) is 10.2 Å². The molecular formula is C15H13Cl2N3. The fourth-order valence-electron chi connectivity index (χ4n) is 2.36. The average Bonchev–Trinajstić information content (AvgIpc) is 2.47. The molecule has 0 fully saturated rings. The zero-order chi connectivity index (χ0) is 14.1. The molecule has 0 unspecified atom stereocenters. The minimum absolute atomic E-state index is 0.663. The number of halogens is 2. The van der Waals surface area contributed by atoms with Gasteiger partial charge in [-0.2, -0.15) is 0 Å². The molecule has 3 rings (SSSR count). The highest BCUT2D eigenvalue weighted by Crippen LogP contribution is 2.33. The molecule has 20 heavy (non-hydrogen) atoms. The van der Waals surface area contributed by atoms with Gasteiger partial charge in [0.25, 0.3) is 0 Å². The van der Waals surface area contributed by atoms with E-state index in [9.17, 15) is 0 Å². The third-order valence-electron chi connectivity index (χ3n) is 3.29. The Morgan fingerprint density at radius 1 is 1.25 bits per heavy atom. The number of aliphatic imine (C=N–C) groups is 1. The molecule has 5 heteroatoms. The lowest BCUT2D eigenvalue weighted by atomic mass is 10.00. The molecule has 0 saturated carbocycles. The van der Waals surface area contributed by atoms with Crippen molar-refractivity contribution in [2.24, 2.45) is 4.99 Å². The van der Waals surface area contributed by atoms with Crippen LogP contribution in [0.4, 0.5) is 0 Å². The zero-order valence-corrected chi connectivity index (χ0v) is 12.4. The van der Waals surface area contributed by atoms with E-state index in [2.05, 4.69) is 10.3 Å². The number of fused-ring (bicyclic) bond motifs is 1. The second kappa shape index (κ2) is 5.35. The summed E-state index contributed by atoms with van der Waals surface area (Å²) in [7, 11) is 1.76. The van der Waals surface area contributed by atoms with Crippen molar-refractivity contribution in [2.75, 3.05) is 13.6 Å². The van der Waals surface area contributed by atoms with Crippen LogP contribution in [0.25, 0.3) is 5.57 Å². The molecule has 3 nitrogen and oxygen atoms in total. The van der Waals surface area contributed by atoms with E-state index in [4.69, 9.17) is 23.2 Å².